The summed E-state index contributed by atoms with van der Waals surface area (Å²) in [6.07, 6.45) is 0.670. The zero-order chi connectivity index (χ0) is 9.84. The maximum atomic E-state index is 9.49. The Hall–Kier alpha value is 0.240. The minimum Gasteiger partial charge on any atom is -0.393 e. The summed E-state index contributed by atoms with van der Waals surface area (Å²) in [7, 11) is 0. The molecule has 1 N–H and O–H groups in total. The fraction of sp³-hybridized carbons (Fsp3) is 0.778. The molecule has 0 radical (unpaired) electrons. The van der Waals surface area contributed by atoms with Gasteiger partial charge < -0.3 is 5.11 Å². The largest absolute Gasteiger partial charge is 0.393 e. The van der Waals surface area contributed by atoms with Crippen LogP contribution < -0.4 is 0 Å². The van der Waals surface area contributed by atoms with Gasteiger partial charge in [0, 0.05) is 30.2 Å². The number of halogens is 2. The smallest absolute Gasteiger partial charge is 0.0590 e. The molecule has 1 fully saturated rings. The average molecular weight is 224 g/mol. The first-order valence-corrected chi connectivity index (χ1v) is 5.30. The van der Waals surface area contributed by atoms with Gasteiger partial charge >= 0.3 is 0 Å². The molecule has 2 unspecified atom stereocenters. The third-order valence-corrected chi connectivity index (χ3v) is 3.04. The summed E-state index contributed by atoms with van der Waals surface area (Å²) < 4.78 is 0. The highest BCUT2D eigenvalue weighted by Crippen LogP contribution is 2.18. The van der Waals surface area contributed by atoms with Gasteiger partial charge in [0.15, 0.2) is 0 Å². The lowest BCUT2D eigenvalue weighted by molar-refractivity contribution is 0.0393. The fourth-order valence-corrected chi connectivity index (χ4v) is 1.85. The molecule has 0 bridgehead atoms. The van der Waals surface area contributed by atoms with Crippen LogP contribution in [0.5, 0.6) is 0 Å². The van der Waals surface area contributed by atoms with Crippen molar-refractivity contribution >= 4 is 23.2 Å². The fourth-order valence-electron chi connectivity index (χ4n) is 1.61. The second kappa shape index (κ2) is 5.20. The van der Waals surface area contributed by atoms with Gasteiger partial charge in [-0.15, -0.1) is 0 Å². The van der Waals surface area contributed by atoms with Crippen LogP contribution in [-0.4, -0.2) is 35.7 Å². The van der Waals surface area contributed by atoms with Crippen LogP contribution in [0.1, 0.15) is 13.3 Å². The highest BCUT2D eigenvalue weighted by atomic mass is 35.5. The van der Waals surface area contributed by atoms with Crippen LogP contribution in [0.25, 0.3) is 0 Å². The molecule has 2 atom stereocenters. The number of hydrogen-bond donors (Lipinski definition) is 1. The number of likely N-dealkylation sites (tertiary alicyclic amines) is 1. The van der Waals surface area contributed by atoms with Gasteiger partial charge in [0.2, 0.25) is 0 Å². The quantitative estimate of drug-likeness (QED) is 0.775. The van der Waals surface area contributed by atoms with E-state index in [1.54, 1.807) is 0 Å². The number of aliphatic hydroxyl groups excluding tert-OH is 1. The molecule has 0 aromatic heterocycles. The number of hydrogen-bond acceptors (Lipinski definition) is 2. The highest BCUT2D eigenvalue weighted by Gasteiger charge is 2.23. The van der Waals surface area contributed by atoms with Gasteiger partial charge in [-0.05, 0) is 12.3 Å². The van der Waals surface area contributed by atoms with Crippen molar-refractivity contribution in [3.63, 3.8) is 0 Å². The zero-order valence-corrected chi connectivity index (χ0v) is 9.22. The predicted octanol–water partition coefficient (Wildman–Crippen LogP) is 2.01. The van der Waals surface area contributed by atoms with Gasteiger partial charge in [0.05, 0.1) is 6.10 Å². The third kappa shape index (κ3) is 3.47. The molecule has 0 saturated carbocycles. The maximum absolute atomic E-state index is 9.49. The Morgan fingerprint density at radius 1 is 1.69 bits per heavy atom. The Morgan fingerprint density at radius 3 is 2.92 bits per heavy atom. The molecule has 76 valence electrons. The second-order valence-corrected chi connectivity index (χ2v) is 4.33. The van der Waals surface area contributed by atoms with E-state index in [2.05, 4.69) is 11.8 Å². The van der Waals surface area contributed by atoms with Crippen LogP contribution in [0.4, 0.5) is 0 Å². The molecule has 1 rings (SSSR count). The van der Waals surface area contributed by atoms with Crippen LogP contribution in [0.3, 0.4) is 0 Å². The Morgan fingerprint density at radius 2 is 2.38 bits per heavy atom. The van der Waals surface area contributed by atoms with Crippen LogP contribution in [0.2, 0.25) is 0 Å². The van der Waals surface area contributed by atoms with E-state index in [9.17, 15) is 5.11 Å². The lowest BCUT2D eigenvalue weighted by atomic mass is 9.97. The Bertz CT molecular complexity index is 196. The van der Waals surface area contributed by atoms with Gasteiger partial charge in [-0.1, -0.05) is 30.1 Å². The van der Waals surface area contributed by atoms with Crippen molar-refractivity contribution in [1.29, 1.82) is 0 Å². The zero-order valence-electron chi connectivity index (χ0n) is 7.71. The monoisotopic (exact) mass is 223 g/mol. The molecule has 1 heterocycles. The van der Waals surface area contributed by atoms with Crippen molar-refractivity contribution in [3.8, 4) is 0 Å². The molecule has 2 nitrogen and oxygen atoms in total. The summed E-state index contributed by atoms with van der Waals surface area (Å²) in [6, 6.07) is 0. The highest BCUT2D eigenvalue weighted by molar-refractivity contribution is 6.36. The van der Waals surface area contributed by atoms with Gasteiger partial charge in [0.25, 0.3) is 0 Å². The summed E-state index contributed by atoms with van der Waals surface area (Å²) in [5, 5.41) is 10.1. The first-order valence-electron chi connectivity index (χ1n) is 4.48. The van der Waals surface area contributed by atoms with Crippen molar-refractivity contribution in [1.82, 2.24) is 4.90 Å². The summed E-state index contributed by atoms with van der Waals surface area (Å²) >= 11 is 11.3. The van der Waals surface area contributed by atoms with Gasteiger partial charge in [-0.25, -0.2) is 0 Å². The van der Waals surface area contributed by atoms with E-state index in [4.69, 9.17) is 23.2 Å². The Kier molecular flexibility index (Phi) is 4.53. The molecule has 1 saturated heterocycles. The SMILES string of the molecule is CC1CN(C/C(Cl)=C/Cl)CCC1O. The van der Waals surface area contributed by atoms with E-state index < -0.39 is 0 Å². The lowest BCUT2D eigenvalue weighted by Gasteiger charge is -2.34. The minimum absolute atomic E-state index is 0.157. The Balaban J connectivity index is 2.37. The normalized spacial score (nSPS) is 32.2. The number of rotatable bonds is 2. The maximum Gasteiger partial charge on any atom is 0.0590 e. The van der Waals surface area contributed by atoms with E-state index in [0.717, 1.165) is 19.5 Å². The minimum atomic E-state index is -0.157. The van der Waals surface area contributed by atoms with Gasteiger partial charge in [-0.3, -0.25) is 4.90 Å². The molecule has 1 aliphatic rings. The van der Waals surface area contributed by atoms with Crippen molar-refractivity contribution in [2.45, 2.75) is 19.4 Å². The van der Waals surface area contributed by atoms with Crippen LogP contribution in [0, 0.1) is 5.92 Å². The van der Waals surface area contributed by atoms with Crippen molar-refractivity contribution in [2.75, 3.05) is 19.6 Å². The second-order valence-electron chi connectivity index (χ2n) is 3.62. The van der Waals surface area contributed by atoms with E-state index in [0.29, 0.717) is 17.5 Å². The van der Waals surface area contributed by atoms with Crippen molar-refractivity contribution in [2.24, 2.45) is 5.92 Å². The topological polar surface area (TPSA) is 23.5 Å². The molecule has 0 spiro atoms. The van der Waals surface area contributed by atoms with Crippen molar-refractivity contribution < 1.29 is 5.11 Å². The first-order chi connectivity index (χ1) is 6.13. The van der Waals surface area contributed by atoms with Crippen LogP contribution >= 0.6 is 23.2 Å². The molecule has 0 amide bonds. The predicted molar refractivity (Wildman–Crippen MR) is 56.0 cm³/mol. The summed E-state index contributed by atoms with van der Waals surface area (Å²) in [5.41, 5.74) is 1.40. The molecule has 1 aliphatic heterocycles. The van der Waals surface area contributed by atoms with Crippen LogP contribution in [-0.2, 0) is 0 Å². The third-order valence-electron chi connectivity index (χ3n) is 2.44. The molecular weight excluding hydrogens is 209 g/mol. The summed E-state index contributed by atoms with van der Waals surface area (Å²) in [4.78, 5) is 2.21. The van der Waals surface area contributed by atoms with E-state index in [1.165, 1.54) is 5.54 Å². The van der Waals surface area contributed by atoms with E-state index in [1.807, 2.05) is 0 Å². The van der Waals surface area contributed by atoms with Crippen LogP contribution in [0.15, 0.2) is 10.6 Å². The van der Waals surface area contributed by atoms with Gasteiger partial charge in [0.1, 0.15) is 0 Å². The molecule has 4 heteroatoms. The number of nitrogens with zero attached hydrogens (tertiary/aromatic N) is 1. The molecule has 0 aromatic rings. The molecule has 0 aliphatic carbocycles. The lowest BCUT2D eigenvalue weighted by Crippen LogP contribution is -2.42. The standard InChI is InChI=1S/C9H15Cl2NO/c1-7-5-12(3-2-9(7)13)6-8(11)4-10/h4,7,9,13H,2-3,5-6H2,1H3/b8-4-. The molecule has 13 heavy (non-hydrogen) atoms. The molecule has 0 aromatic carbocycles. The average Bonchev–Trinajstić information content (AvgIpc) is 2.11. The van der Waals surface area contributed by atoms with Gasteiger partial charge in [-0.2, -0.15) is 0 Å². The summed E-state index contributed by atoms with van der Waals surface area (Å²) in [6.45, 7) is 4.53. The van der Waals surface area contributed by atoms with E-state index >= 15 is 0 Å². The number of aliphatic hydroxyl groups is 1. The first kappa shape index (κ1) is 11.3. The van der Waals surface area contributed by atoms with E-state index in [-0.39, 0.29) is 6.10 Å². The number of piperidine rings is 1. The Labute approximate surface area is 89.1 Å². The van der Waals surface area contributed by atoms with Crippen molar-refractivity contribution in [3.05, 3.63) is 10.6 Å². The summed E-state index contributed by atoms with van der Waals surface area (Å²) in [5.74, 6) is 0.327. The molecular formula is C9H15Cl2NO.